The summed E-state index contributed by atoms with van der Waals surface area (Å²) in [5.41, 5.74) is 2.53. The summed E-state index contributed by atoms with van der Waals surface area (Å²) in [7, 11) is 1.62. The lowest BCUT2D eigenvalue weighted by Crippen LogP contribution is -2.45. The van der Waals surface area contributed by atoms with Crippen molar-refractivity contribution < 1.29 is 13.9 Å². The minimum atomic E-state index is -0.246. The molecule has 3 heterocycles. The second-order valence-electron chi connectivity index (χ2n) is 9.95. The molecule has 1 N–H and O–H groups in total. The van der Waals surface area contributed by atoms with Gasteiger partial charge in [-0.05, 0) is 56.7 Å². The number of para-hydroxylation sites is 1. The fourth-order valence-electron chi connectivity index (χ4n) is 6.23. The van der Waals surface area contributed by atoms with Crippen molar-refractivity contribution in [3.05, 3.63) is 65.7 Å². The molecule has 0 spiro atoms. The second-order valence-corrected chi connectivity index (χ2v) is 9.95. The average Bonchev–Trinajstić information content (AvgIpc) is 3.32. The van der Waals surface area contributed by atoms with E-state index < -0.39 is 0 Å². The van der Waals surface area contributed by atoms with E-state index in [0.29, 0.717) is 36.7 Å². The summed E-state index contributed by atoms with van der Waals surface area (Å²) in [5, 5.41) is 3.23. The van der Waals surface area contributed by atoms with Gasteiger partial charge >= 0.3 is 0 Å². The number of aryl methyl sites for hydroxylation is 1. The van der Waals surface area contributed by atoms with Crippen molar-refractivity contribution in [1.29, 1.82) is 0 Å². The number of carbonyl (C=O) groups excluding carboxylic acids is 1. The van der Waals surface area contributed by atoms with Crippen LogP contribution >= 0.6 is 0 Å². The van der Waals surface area contributed by atoms with Gasteiger partial charge in [0.2, 0.25) is 5.91 Å². The van der Waals surface area contributed by atoms with Gasteiger partial charge in [0, 0.05) is 38.2 Å². The number of imidazole rings is 1. The molecule has 7 heteroatoms. The number of carbonyl (C=O) groups is 1. The molecule has 2 fully saturated rings. The van der Waals surface area contributed by atoms with Crippen molar-refractivity contribution in [3.8, 4) is 0 Å². The summed E-state index contributed by atoms with van der Waals surface area (Å²) in [6, 6.07) is 16.8. The Morgan fingerprint density at radius 1 is 1.11 bits per heavy atom. The zero-order chi connectivity index (χ0) is 24.4. The van der Waals surface area contributed by atoms with Crippen LogP contribution in [0.5, 0.6) is 0 Å². The Morgan fingerprint density at radius 3 is 2.57 bits per heavy atom. The van der Waals surface area contributed by atoms with E-state index in [1.165, 1.54) is 18.9 Å². The molecule has 1 aromatic heterocycles. The van der Waals surface area contributed by atoms with Crippen molar-refractivity contribution in [2.75, 3.05) is 20.3 Å². The van der Waals surface area contributed by atoms with Gasteiger partial charge in [-0.3, -0.25) is 9.69 Å². The monoisotopic (exact) mass is 478 g/mol. The van der Waals surface area contributed by atoms with Crippen LogP contribution in [-0.2, 0) is 9.53 Å². The van der Waals surface area contributed by atoms with Crippen LogP contribution in [0.2, 0.25) is 0 Å². The third-order valence-corrected chi connectivity index (χ3v) is 7.82. The maximum atomic E-state index is 14.3. The van der Waals surface area contributed by atoms with Crippen molar-refractivity contribution in [2.45, 2.75) is 69.6 Å². The topological polar surface area (TPSA) is 59.4 Å². The molecule has 2 aliphatic rings. The van der Waals surface area contributed by atoms with Gasteiger partial charge in [-0.15, -0.1) is 0 Å². The first kappa shape index (κ1) is 23.9. The van der Waals surface area contributed by atoms with Crippen LogP contribution in [-0.4, -0.2) is 52.7 Å². The molecule has 4 atom stereocenters. The summed E-state index contributed by atoms with van der Waals surface area (Å²) in [5.74, 6) is 0.673. The number of aromatic nitrogens is 2. The van der Waals surface area contributed by atoms with E-state index >= 15 is 0 Å². The molecular weight excluding hydrogens is 443 g/mol. The highest BCUT2D eigenvalue weighted by Gasteiger charge is 2.41. The Bertz CT molecular complexity index is 1150. The van der Waals surface area contributed by atoms with Gasteiger partial charge in [0.1, 0.15) is 11.3 Å². The summed E-state index contributed by atoms with van der Waals surface area (Å²) < 4.78 is 21.7. The number of hydrogen-bond donors (Lipinski definition) is 1. The Hall–Kier alpha value is -2.77. The van der Waals surface area contributed by atoms with Gasteiger partial charge in [0.15, 0.2) is 5.82 Å². The molecule has 2 aliphatic heterocycles. The van der Waals surface area contributed by atoms with Crippen LogP contribution in [0.25, 0.3) is 11.0 Å². The largest absolute Gasteiger partial charge is 0.384 e. The lowest BCUT2D eigenvalue weighted by atomic mass is 9.95. The molecule has 5 rings (SSSR count). The molecule has 35 heavy (non-hydrogen) atoms. The number of methoxy groups -OCH3 is 1. The summed E-state index contributed by atoms with van der Waals surface area (Å²) >= 11 is 0. The minimum absolute atomic E-state index is 0.0134. The van der Waals surface area contributed by atoms with E-state index in [0.717, 1.165) is 42.7 Å². The van der Waals surface area contributed by atoms with E-state index in [1.54, 1.807) is 13.2 Å². The highest BCUT2D eigenvalue weighted by Crippen LogP contribution is 2.42. The quantitative estimate of drug-likeness (QED) is 0.474. The Balaban J connectivity index is 1.28. The molecule has 2 bridgehead atoms. The van der Waals surface area contributed by atoms with Gasteiger partial charge < -0.3 is 14.6 Å². The number of halogens is 1. The van der Waals surface area contributed by atoms with Crippen LogP contribution in [0.4, 0.5) is 4.39 Å². The Labute approximate surface area is 206 Å². The molecule has 2 aromatic carbocycles. The fraction of sp³-hybridized carbons (Fsp3) is 0.500. The lowest BCUT2D eigenvalue weighted by molar-refractivity contribution is -0.122. The summed E-state index contributed by atoms with van der Waals surface area (Å²) in [6.45, 7) is 3.37. The van der Waals surface area contributed by atoms with Crippen LogP contribution < -0.4 is 5.32 Å². The van der Waals surface area contributed by atoms with Crippen molar-refractivity contribution >= 4 is 16.9 Å². The molecule has 0 radical (unpaired) electrons. The third kappa shape index (κ3) is 4.98. The van der Waals surface area contributed by atoms with E-state index in [-0.39, 0.29) is 17.8 Å². The number of piperidine rings is 1. The molecule has 0 saturated carbocycles. The number of fused-ring (bicyclic) bond motifs is 3. The molecule has 2 saturated heterocycles. The number of benzene rings is 2. The zero-order valence-corrected chi connectivity index (χ0v) is 20.6. The first-order valence-electron chi connectivity index (χ1n) is 12.8. The molecule has 1 amide bonds. The van der Waals surface area contributed by atoms with Crippen LogP contribution in [0.15, 0.2) is 48.5 Å². The number of amides is 1. The minimum Gasteiger partial charge on any atom is -0.384 e. The number of nitrogens with one attached hydrogen (secondary N) is 1. The highest BCUT2D eigenvalue weighted by atomic mass is 19.1. The number of nitrogens with zero attached hydrogens (tertiary/aromatic N) is 3. The summed E-state index contributed by atoms with van der Waals surface area (Å²) in [6.07, 6.45) is 5.73. The van der Waals surface area contributed by atoms with Gasteiger partial charge in [-0.2, -0.15) is 0 Å². The van der Waals surface area contributed by atoms with E-state index in [9.17, 15) is 9.18 Å². The van der Waals surface area contributed by atoms with Crippen molar-refractivity contribution in [3.63, 3.8) is 0 Å². The molecule has 0 aliphatic carbocycles. The van der Waals surface area contributed by atoms with Crippen LogP contribution in [0.3, 0.4) is 0 Å². The highest BCUT2D eigenvalue weighted by molar-refractivity contribution is 5.77. The van der Waals surface area contributed by atoms with Crippen molar-refractivity contribution in [1.82, 2.24) is 19.8 Å². The standard InChI is InChI=1S/C28H35FN4O2/c1-19-30-28-24(29)9-6-10-26(28)33(19)23-17-21-11-12-22(18-23)32(21)15-13-25(20-7-4-3-5-8-20)31-27(34)14-16-35-2/h3-10,21-23,25H,11-18H2,1-2H3,(H,31,34)/t21-,22+,23-,25-/m0/s1. The number of ether oxygens (including phenoxy) is 1. The smallest absolute Gasteiger partial charge is 0.222 e. The maximum absolute atomic E-state index is 14.3. The van der Waals surface area contributed by atoms with Crippen molar-refractivity contribution in [2.24, 2.45) is 0 Å². The third-order valence-electron chi connectivity index (χ3n) is 7.82. The second kappa shape index (κ2) is 10.5. The Kier molecular flexibility index (Phi) is 7.16. The SMILES string of the molecule is COCCC(=O)N[C@@H](CCN1[C@@H]2CC[C@H]1C[C@H](n1c(C)nc3c(F)cccc31)C2)c1ccccc1. The van der Waals surface area contributed by atoms with E-state index in [4.69, 9.17) is 4.74 Å². The first-order valence-corrected chi connectivity index (χ1v) is 12.8. The lowest BCUT2D eigenvalue weighted by Gasteiger charge is -2.40. The van der Waals surface area contributed by atoms with Gasteiger partial charge in [-0.1, -0.05) is 36.4 Å². The molecule has 6 nitrogen and oxygen atoms in total. The Morgan fingerprint density at radius 2 is 1.86 bits per heavy atom. The van der Waals surface area contributed by atoms with Crippen LogP contribution in [0.1, 0.15) is 62.0 Å². The molecule has 0 unspecified atom stereocenters. The first-order chi connectivity index (χ1) is 17.0. The predicted octanol–water partition coefficient (Wildman–Crippen LogP) is 4.94. The molecule has 3 aromatic rings. The normalized spacial score (nSPS) is 23.0. The average molecular weight is 479 g/mol. The predicted molar refractivity (Wildman–Crippen MR) is 135 cm³/mol. The summed E-state index contributed by atoms with van der Waals surface area (Å²) in [4.78, 5) is 19.7. The maximum Gasteiger partial charge on any atom is 0.222 e. The van der Waals surface area contributed by atoms with Gasteiger partial charge in [0.05, 0.1) is 18.2 Å². The van der Waals surface area contributed by atoms with Gasteiger partial charge in [0.25, 0.3) is 0 Å². The molecule has 186 valence electrons. The van der Waals surface area contributed by atoms with Crippen LogP contribution in [0, 0.1) is 12.7 Å². The van der Waals surface area contributed by atoms with E-state index in [1.807, 2.05) is 31.2 Å². The molecular formula is C28H35FN4O2. The van der Waals surface area contributed by atoms with E-state index in [2.05, 4.69) is 31.9 Å². The number of hydrogen-bond acceptors (Lipinski definition) is 4. The fourth-order valence-corrected chi connectivity index (χ4v) is 6.23. The zero-order valence-electron chi connectivity index (χ0n) is 20.6. The van der Waals surface area contributed by atoms with Gasteiger partial charge in [-0.25, -0.2) is 9.37 Å². The number of rotatable bonds is 9.